The predicted molar refractivity (Wildman–Crippen MR) is 87.7 cm³/mol. The lowest BCUT2D eigenvalue weighted by Gasteiger charge is -2.23. The number of anilines is 1. The summed E-state index contributed by atoms with van der Waals surface area (Å²) in [5.41, 5.74) is 10.1. The summed E-state index contributed by atoms with van der Waals surface area (Å²) in [5.74, 6) is 0. The normalized spacial score (nSPS) is 10.6. The number of benzene rings is 1. The fraction of sp³-hybridized carbons (Fsp3) is 0.312. The van der Waals surface area contributed by atoms with E-state index >= 15 is 0 Å². The maximum atomic E-state index is 5.70. The molecule has 0 aliphatic carbocycles. The molecule has 0 radical (unpaired) electrons. The third-order valence-electron chi connectivity index (χ3n) is 3.30. The van der Waals surface area contributed by atoms with E-state index in [2.05, 4.69) is 63.1 Å². The van der Waals surface area contributed by atoms with Gasteiger partial charge in [-0.05, 0) is 43.7 Å². The van der Waals surface area contributed by atoms with Crippen LogP contribution in [0.2, 0.25) is 0 Å². The summed E-state index contributed by atoms with van der Waals surface area (Å²) >= 11 is 3.58. The molecule has 20 heavy (non-hydrogen) atoms. The van der Waals surface area contributed by atoms with E-state index in [0.717, 1.165) is 34.5 Å². The van der Waals surface area contributed by atoms with Crippen molar-refractivity contribution in [1.82, 2.24) is 4.98 Å². The van der Waals surface area contributed by atoms with Gasteiger partial charge in [0.05, 0.1) is 12.2 Å². The first kappa shape index (κ1) is 15.0. The summed E-state index contributed by atoms with van der Waals surface area (Å²) in [5, 5.41) is 0. The molecule has 0 unspecified atom stereocenters. The van der Waals surface area contributed by atoms with Crippen LogP contribution in [0.1, 0.15) is 23.9 Å². The van der Waals surface area contributed by atoms with E-state index < -0.39 is 0 Å². The van der Waals surface area contributed by atoms with Crippen LogP contribution in [-0.2, 0) is 13.1 Å². The van der Waals surface area contributed by atoms with Gasteiger partial charge in [-0.25, -0.2) is 0 Å². The van der Waals surface area contributed by atoms with Crippen molar-refractivity contribution in [2.45, 2.75) is 26.9 Å². The van der Waals surface area contributed by atoms with Gasteiger partial charge in [0.2, 0.25) is 0 Å². The molecule has 0 bridgehead atoms. The maximum Gasteiger partial charge on any atom is 0.0602 e. The molecule has 1 aromatic carbocycles. The average Bonchev–Trinajstić information content (AvgIpc) is 2.44. The second kappa shape index (κ2) is 6.86. The lowest BCUT2D eigenvalue weighted by molar-refractivity contribution is 0.805. The minimum absolute atomic E-state index is 0.548. The standard InChI is InChI=1S/C16H20BrN3/c1-3-20(11-14-6-4-5-12(2)19-14)15-8-7-13(10-18)16(17)9-15/h4-9H,3,10-11,18H2,1-2H3. The fourth-order valence-corrected chi connectivity index (χ4v) is 2.70. The molecule has 1 aromatic heterocycles. The molecule has 0 fully saturated rings. The van der Waals surface area contributed by atoms with Gasteiger partial charge in [0.15, 0.2) is 0 Å². The number of aromatic nitrogens is 1. The van der Waals surface area contributed by atoms with Gasteiger partial charge >= 0.3 is 0 Å². The van der Waals surface area contributed by atoms with Crippen molar-refractivity contribution in [2.75, 3.05) is 11.4 Å². The Hall–Kier alpha value is -1.39. The van der Waals surface area contributed by atoms with Crippen LogP contribution in [0.25, 0.3) is 0 Å². The molecule has 106 valence electrons. The molecule has 0 saturated heterocycles. The Balaban J connectivity index is 2.22. The van der Waals surface area contributed by atoms with Crippen molar-refractivity contribution in [3.63, 3.8) is 0 Å². The van der Waals surface area contributed by atoms with Gasteiger partial charge in [0, 0.05) is 28.9 Å². The van der Waals surface area contributed by atoms with Crippen LogP contribution < -0.4 is 10.6 Å². The van der Waals surface area contributed by atoms with Gasteiger partial charge in [-0.15, -0.1) is 0 Å². The highest BCUT2D eigenvalue weighted by Crippen LogP contribution is 2.25. The number of hydrogen-bond acceptors (Lipinski definition) is 3. The van der Waals surface area contributed by atoms with Crippen molar-refractivity contribution < 1.29 is 0 Å². The fourth-order valence-electron chi connectivity index (χ4n) is 2.17. The Morgan fingerprint density at radius 1 is 1.25 bits per heavy atom. The first-order chi connectivity index (χ1) is 9.63. The van der Waals surface area contributed by atoms with E-state index in [1.54, 1.807) is 0 Å². The zero-order valence-electron chi connectivity index (χ0n) is 11.9. The first-order valence-electron chi connectivity index (χ1n) is 6.80. The van der Waals surface area contributed by atoms with Crippen molar-refractivity contribution in [1.29, 1.82) is 0 Å². The molecule has 0 spiro atoms. The van der Waals surface area contributed by atoms with Crippen LogP contribution in [0.3, 0.4) is 0 Å². The molecule has 0 amide bonds. The summed E-state index contributed by atoms with van der Waals surface area (Å²) in [4.78, 5) is 6.87. The van der Waals surface area contributed by atoms with Crippen LogP contribution in [0.5, 0.6) is 0 Å². The third-order valence-corrected chi connectivity index (χ3v) is 4.04. The Labute approximate surface area is 129 Å². The molecule has 0 atom stereocenters. The summed E-state index contributed by atoms with van der Waals surface area (Å²) in [6.07, 6.45) is 0. The second-order valence-corrected chi connectivity index (χ2v) is 5.62. The SMILES string of the molecule is CCN(Cc1cccc(C)n1)c1ccc(CN)c(Br)c1. The van der Waals surface area contributed by atoms with Gasteiger partial charge in [0.1, 0.15) is 0 Å². The number of rotatable bonds is 5. The lowest BCUT2D eigenvalue weighted by atomic mass is 10.2. The van der Waals surface area contributed by atoms with Crippen LogP contribution in [0.4, 0.5) is 5.69 Å². The van der Waals surface area contributed by atoms with Crippen molar-refractivity contribution in [3.05, 3.63) is 57.8 Å². The van der Waals surface area contributed by atoms with Crippen LogP contribution in [0.15, 0.2) is 40.9 Å². The molecular formula is C16H20BrN3. The van der Waals surface area contributed by atoms with Gasteiger partial charge in [-0.2, -0.15) is 0 Å². The number of nitrogens with two attached hydrogens (primary N) is 1. The summed E-state index contributed by atoms with van der Waals surface area (Å²) in [7, 11) is 0. The zero-order valence-corrected chi connectivity index (χ0v) is 13.5. The van der Waals surface area contributed by atoms with Crippen LogP contribution in [-0.4, -0.2) is 11.5 Å². The summed E-state index contributed by atoms with van der Waals surface area (Å²) < 4.78 is 1.06. The van der Waals surface area contributed by atoms with Crippen LogP contribution in [0, 0.1) is 6.92 Å². The smallest absolute Gasteiger partial charge is 0.0602 e. The van der Waals surface area contributed by atoms with Crippen molar-refractivity contribution >= 4 is 21.6 Å². The molecule has 3 nitrogen and oxygen atoms in total. The Morgan fingerprint density at radius 2 is 2.05 bits per heavy atom. The van der Waals surface area contributed by atoms with E-state index in [0.29, 0.717) is 6.54 Å². The second-order valence-electron chi connectivity index (χ2n) is 4.76. The lowest BCUT2D eigenvalue weighted by Crippen LogP contribution is -2.22. The van der Waals surface area contributed by atoms with Crippen molar-refractivity contribution in [3.8, 4) is 0 Å². The Bertz CT molecular complexity index is 584. The van der Waals surface area contributed by atoms with Crippen LogP contribution >= 0.6 is 15.9 Å². The number of pyridine rings is 1. The molecule has 0 saturated carbocycles. The molecule has 4 heteroatoms. The van der Waals surface area contributed by atoms with E-state index in [1.807, 2.05) is 13.0 Å². The Morgan fingerprint density at radius 3 is 2.65 bits per heavy atom. The summed E-state index contributed by atoms with van der Waals surface area (Å²) in [6, 6.07) is 12.5. The average molecular weight is 334 g/mol. The first-order valence-corrected chi connectivity index (χ1v) is 7.59. The highest BCUT2D eigenvalue weighted by molar-refractivity contribution is 9.10. The molecule has 0 aliphatic rings. The highest BCUT2D eigenvalue weighted by Gasteiger charge is 2.08. The molecule has 2 aromatic rings. The number of hydrogen-bond donors (Lipinski definition) is 1. The topological polar surface area (TPSA) is 42.2 Å². The third kappa shape index (κ3) is 3.58. The number of aryl methyl sites for hydroxylation is 1. The molecule has 2 N–H and O–H groups in total. The largest absolute Gasteiger partial charge is 0.366 e. The predicted octanol–water partition coefficient (Wildman–Crippen LogP) is 3.64. The van der Waals surface area contributed by atoms with Gasteiger partial charge in [-0.3, -0.25) is 4.98 Å². The number of nitrogens with zero attached hydrogens (tertiary/aromatic N) is 2. The Kier molecular flexibility index (Phi) is 5.15. The van der Waals surface area contributed by atoms with Gasteiger partial charge in [-0.1, -0.05) is 28.1 Å². The quantitative estimate of drug-likeness (QED) is 0.908. The molecule has 1 heterocycles. The highest BCUT2D eigenvalue weighted by atomic mass is 79.9. The van der Waals surface area contributed by atoms with Gasteiger partial charge < -0.3 is 10.6 Å². The van der Waals surface area contributed by atoms with Crippen molar-refractivity contribution in [2.24, 2.45) is 5.73 Å². The van der Waals surface area contributed by atoms with E-state index in [-0.39, 0.29) is 0 Å². The van der Waals surface area contributed by atoms with E-state index in [4.69, 9.17) is 5.73 Å². The molecule has 0 aliphatic heterocycles. The minimum atomic E-state index is 0.548. The number of halogens is 1. The maximum absolute atomic E-state index is 5.70. The zero-order chi connectivity index (χ0) is 14.5. The molecule has 2 rings (SSSR count). The summed E-state index contributed by atoms with van der Waals surface area (Å²) in [6.45, 7) is 6.47. The van der Waals surface area contributed by atoms with E-state index in [1.165, 1.54) is 5.69 Å². The monoisotopic (exact) mass is 333 g/mol. The molecular weight excluding hydrogens is 314 g/mol. The van der Waals surface area contributed by atoms with Gasteiger partial charge in [0.25, 0.3) is 0 Å². The van der Waals surface area contributed by atoms with E-state index in [9.17, 15) is 0 Å². The minimum Gasteiger partial charge on any atom is -0.366 e.